The minimum atomic E-state index is -0.369. The fourth-order valence-electron chi connectivity index (χ4n) is 3.59. The highest BCUT2D eigenvalue weighted by Gasteiger charge is 2.31. The van der Waals surface area contributed by atoms with Crippen molar-refractivity contribution in [2.45, 2.75) is 6.10 Å². The Morgan fingerprint density at radius 2 is 1.40 bits per heavy atom. The Bertz CT molecular complexity index is 1030. The number of fused-ring (bicyclic) bond motifs is 4. The summed E-state index contributed by atoms with van der Waals surface area (Å²) in [6, 6.07) is 25.8. The number of nitrogens with one attached hydrogen (secondary N) is 1. The third-order valence-electron chi connectivity index (χ3n) is 4.75. The van der Waals surface area contributed by atoms with E-state index in [2.05, 4.69) is 17.1 Å². The second-order valence-corrected chi connectivity index (χ2v) is 6.23. The molecule has 1 aliphatic carbocycles. The Labute approximate surface area is 144 Å². The van der Waals surface area contributed by atoms with Gasteiger partial charge in [-0.25, -0.2) is 4.79 Å². The van der Waals surface area contributed by atoms with E-state index < -0.39 is 0 Å². The van der Waals surface area contributed by atoms with Crippen LogP contribution in [0.4, 0.5) is 0 Å². The molecule has 0 saturated heterocycles. The molecule has 120 valence electrons. The molecule has 1 N–H and O–H groups in total. The standard InChI is InChI=1S/C22H15NO2/c24-22(20-13-14-7-1-6-12-19(14)23-20)25-21-17-10-4-2-8-15(17)16-9-3-5-11-18(16)21/h1-13,21,23H. The van der Waals surface area contributed by atoms with E-state index in [1.165, 1.54) is 0 Å². The molecule has 1 heterocycles. The highest BCUT2D eigenvalue weighted by Crippen LogP contribution is 2.45. The minimum absolute atomic E-state index is 0.340. The quantitative estimate of drug-likeness (QED) is 0.521. The van der Waals surface area contributed by atoms with Crippen LogP contribution < -0.4 is 0 Å². The molecule has 0 bridgehead atoms. The van der Waals surface area contributed by atoms with Gasteiger partial charge in [0.1, 0.15) is 5.69 Å². The van der Waals surface area contributed by atoms with E-state index in [0.717, 1.165) is 33.2 Å². The molecule has 0 fully saturated rings. The summed E-state index contributed by atoms with van der Waals surface area (Å²) in [6.07, 6.45) is -0.369. The van der Waals surface area contributed by atoms with Crippen LogP contribution in [0.25, 0.3) is 22.0 Å². The summed E-state index contributed by atoms with van der Waals surface area (Å²) in [5, 5.41) is 1.00. The summed E-state index contributed by atoms with van der Waals surface area (Å²) >= 11 is 0. The van der Waals surface area contributed by atoms with Crippen molar-refractivity contribution < 1.29 is 9.53 Å². The zero-order chi connectivity index (χ0) is 16.8. The van der Waals surface area contributed by atoms with Gasteiger partial charge in [-0.1, -0.05) is 66.7 Å². The molecular formula is C22H15NO2. The molecule has 0 unspecified atom stereocenters. The molecule has 0 atom stereocenters. The Morgan fingerprint density at radius 3 is 2.08 bits per heavy atom. The van der Waals surface area contributed by atoms with Gasteiger partial charge in [0, 0.05) is 22.0 Å². The van der Waals surface area contributed by atoms with Crippen molar-refractivity contribution in [1.82, 2.24) is 4.98 Å². The maximum absolute atomic E-state index is 12.7. The largest absolute Gasteiger partial charge is 0.448 e. The zero-order valence-corrected chi connectivity index (χ0v) is 13.4. The predicted molar refractivity (Wildman–Crippen MR) is 97.4 cm³/mol. The average Bonchev–Trinajstić information content (AvgIpc) is 3.22. The summed E-state index contributed by atoms with van der Waals surface area (Å²) in [5.74, 6) is -0.340. The summed E-state index contributed by atoms with van der Waals surface area (Å²) < 4.78 is 5.91. The van der Waals surface area contributed by atoms with Gasteiger partial charge in [0.25, 0.3) is 0 Å². The normalized spacial score (nSPS) is 12.8. The van der Waals surface area contributed by atoms with Gasteiger partial charge in [0.2, 0.25) is 0 Å². The third kappa shape index (κ3) is 2.17. The third-order valence-corrected chi connectivity index (χ3v) is 4.75. The van der Waals surface area contributed by atoms with Crippen LogP contribution in [0, 0.1) is 0 Å². The zero-order valence-electron chi connectivity index (χ0n) is 13.4. The highest BCUT2D eigenvalue weighted by molar-refractivity contribution is 5.95. The van der Waals surface area contributed by atoms with Crippen molar-refractivity contribution in [3.05, 3.63) is 95.7 Å². The molecule has 0 aliphatic heterocycles. The lowest BCUT2D eigenvalue weighted by Gasteiger charge is -2.14. The van der Waals surface area contributed by atoms with Crippen molar-refractivity contribution in [3.63, 3.8) is 0 Å². The molecule has 0 spiro atoms. The topological polar surface area (TPSA) is 42.1 Å². The van der Waals surface area contributed by atoms with Crippen LogP contribution >= 0.6 is 0 Å². The number of hydrogen-bond donors (Lipinski definition) is 1. The predicted octanol–water partition coefficient (Wildman–Crippen LogP) is 5.09. The number of rotatable bonds is 2. The molecule has 3 aromatic carbocycles. The fourth-order valence-corrected chi connectivity index (χ4v) is 3.59. The number of H-pyrrole nitrogens is 1. The number of esters is 1. The number of carbonyl (C=O) groups excluding carboxylic acids is 1. The van der Waals surface area contributed by atoms with E-state index in [1.807, 2.05) is 66.7 Å². The van der Waals surface area contributed by atoms with E-state index in [9.17, 15) is 4.79 Å². The van der Waals surface area contributed by atoms with Crippen LogP contribution in [0.1, 0.15) is 27.7 Å². The first-order valence-electron chi connectivity index (χ1n) is 8.28. The van der Waals surface area contributed by atoms with E-state index in [4.69, 9.17) is 4.74 Å². The van der Waals surface area contributed by atoms with Gasteiger partial charge in [-0.2, -0.15) is 0 Å². The van der Waals surface area contributed by atoms with Crippen LogP contribution in [-0.4, -0.2) is 11.0 Å². The summed E-state index contributed by atoms with van der Waals surface area (Å²) in [4.78, 5) is 15.9. The van der Waals surface area contributed by atoms with Gasteiger partial charge < -0.3 is 9.72 Å². The summed E-state index contributed by atoms with van der Waals surface area (Å²) in [6.45, 7) is 0. The van der Waals surface area contributed by atoms with Crippen LogP contribution in [0.3, 0.4) is 0 Å². The molecule has 5 rings (SSSR count). The van der Waals surface area contributed by atoms with Gasteiger partial charge in [0.15, 0.2) is 6.10 Å². The first kappa shape index (κ1) is 14.1. The molecule has 25 heavy (non-hydrogen) atoms. The van der Waals surface area contributed by atoms with E-state index in [-0.39, 0.29) is 12.1 Å². The second kappa shape index (κ2) is 5.35. The first-order valence-corrected chi connectivity index (χ1v) is 8.28. The Morgan fingerprint density at radius 1 is 0.800 bits per heavy atom. The maximum atomic E-state index is 12.7. The lowest BCUT2D eigenvalue weighted by Crippen LogP contribution is -2.11. The van der Waals surface area contributed by atoms with Crippen molar-refractivity contribution in [1.29, 1.82) is 0 Å². The monoisotopic (exact) mass is 325 g/mol. The average molecular weight is 325 g/mol. The van der Waals surface area contributed by atoms with E-state index in [1.54, 1.807) is 0 Å². The number of ether oxygens (including phenoxy) is 1. The minimum Gasteiger partial charge on any atom is -0.448 e. The van der Waals surface area contributed by atoms with Crippen molar-refractivity contribution in [3.8, 4) is 11.1 Å². The van der Waals surface area contributed by atoms with Gasteiger partial charge >= 0.3 is 5.97 Å². The molecule has 0 amide bonds. The molecule has 0 radical (unpaired) electrons. The van der Waals surface area contributed by atoms with Gasteiger partial charge in [0.05, 0.1) is 0 Å². The molecule has 1 aromatic heterocycles. The SMILES string of the molecule is O=C(OC1c2ccccc2-c2ccccc21)c1cc2ccccc2[nH]1. The summed E-state index contributed by atoms with van der Waals surface area (Å²) in [7, 11) is 0. The number of hydrogen-bond acceptors (Lipinski definition) is 2. The van der Waals surface area contributed by atoms with E-state index >= 15 is 0 Å². The van der Waals surface area contributed by atoms with Crippen LogP contribution in [-0.2, 0) is 4.74 Å². The van der Waals surface area contributed by atoms with Crippen LogP contribution in [0.15, 0.2) is 78.9 Å². The van der Waals surface area contributed by atoms with Gasteiger partial charge in [-0.3, -0.25) is 0 Å². The van der Waals surface area contributed by atoms with Crippen molar-refractivity contribution in [2.24, 2.45) is 0 Å². The van der Waals surface area contributed by atoms with Gasteiger partial charge in [-0.15, -0.1) is 0 Å². The van der Waals surface area contributed by atoms with Crippen molar-refractivity contribution >= 4 is 16.9 Å². The lowest BCUT2D eigenvalue weighted by molar-refractivity contribution is 0.0380. The fraction of sp³-hybridized carbons (Fsp3) is 0.0455. The Hall–Kier alpha value is -3.33. The Balaban J connectivity index is 1.54. The molecule has 0 saturated carbocycles. The maximum Gasteiger partial charge on any atom is 0.355 e. The van der Waals surface area contributed by atoms with E-state index in [0.29, 0.717) is 5.69 Å². The lowest BCUT2D eigenvalue weighted by atomic mass is 10.1. The second-order valence-electron chi connectivity index (χ2n) is 6.23. The Kier molecular flexibility index (Phi) is 3.01. The highest BCUT2D eigenvalue weighted by atomic mass is 16.5. The van der Waals surface area contributed by atoms with Crippen LogP contribution in [0.2, 0.25) is 0 Å². The number of para-hydroxylation sites is 1. The molecule has 1 aliphatic rings. The molecule has 3 heteroatoms. The number of benzene rings is 3. The van der Waals surface area contributed by atoms with Crippen molar-refractivity contribution in [2.75, 3.05) is 0 Å². The summed E-state index contributed by atoms with van der Waals surface area (Å²) in [5.41, 5.74) is 5.74. The smallest absolute Gasteiger partial charge is 0.355 e. The molecule has 3 nitrogen and oxygen atoms in total. The number of aromatic nitrogens is 1. The first-order chi connectivity index (χ1) is 12.3. The molecular weight excluding hydrogens is 310 g/mol. The van der Waals surface area contributed by atoms with Gasteiger partial charge in [-0.05, 0) is 23.3 Å². The van der Waals surface area contributed by atoms with Crippen LogP contribution in [0.5, 0.6) is 0 Å². The number of aromatic amines is 1. The molecule has 4 aromatic rings. The number of carbonyl (C=O) groups is 1.